The zero-order chi connectivity index (χ0) is 9.71. The molecule has 0 radical (unpaired) electrons. The number of hydrogen-bond acceptors (Lipinski definition) is 0. The third-order valence-electron chi connectivity index (χ3n) is 3.26. The lowest BCUT2D eigenvalue weighted by molar-refractivity contribution is 0.931. The van der Waals surface area contributed by atoms with E-state index in [0.717, 1.165) is 0 Å². The van der Waals surface area contributed by atoms with E-state index in [2.05, 4.69) is 49.2 Å². The first-order valence-electron chi connectivity index (χ1n) is 5.06. The Morgan fingerprint density at radius 3 is 2.86 bits per heavy atom. The molecule has 1 N–H and O–H groups in total. The molecule has 70 valence electrons. The second-order valence-corrected chi connectivity index (χ2v) is 4.11. The minimum absolute atomic E-state index is 0.571. The average Bonchev–Trinajstić information content (AvgIpc) is 2.65. The highest BCUT2D eigenvalue weighted by molar-refractivity contribution is 5.90. The third kappa shape index (κ3) is 0.844. The van der Waals surface area contributed by atoms with Gasteiger partial charge < -0.3 is 4.98 Å². The van der Waals surface area contributed by atoms with Crippen LogP contribution in [0.3, 0.4) is 0 Å². The minimum Gasteiger partial charge on any atom is -0.355 e. The maximum absolute atomic E-state index is 3.46. The van der Waals surface area contributed by atoms with Gasteiger partial charge in [-0.25, -0.2) is 0 Å². The number of aromatic nitrogens is 1. The summed E-state index contributed by atoms with van der Waals surface area (Å²) in [7, 11) is 0. The summed E-state index contributed by atoms with van der Waals surface area (Å²) in [6.45, 7) is 4.48. The number of rotatable bonds is 0. The molecule has 1 aromatic carbocycles. The lowest BCUT2D eigenvalue weighted by atomic mass is 9.98. The number of benzene rings is 1. The van der Waals surface area contributed by atoms with Crippen molar-refractivity contribution in [3.8, 4) is 0 Å². The number of aromatic amines is 1. The largest absolute Gasteiger partial charge is 0.355 e. The van der Waals surface area contributed by atoms with Crippen molar-refractivity contribution in [3.63, 3.8) is 0 Å². The molecule has 0 saturated heterocycles. The van der Waals surface area contributed by atoms with Crippen molar-refractivity contribution in [2.75, 3.05) is 0 Å². The van der Waals surface area contributed by atoms with Crippen LogP contribution in [0.2, 0.25) is 0 Å². The molecule has 1 heteroatoms. The van der Waals surface area contributed by atoms with Gasteiger partial charge in [0.25, 0.3) is 0 Å². The van der Waals surface area contributed by atoms with Crippen LogP contribution in [0.25, 0.3) is 17.0 Å². The van der Waals surface area contributed by atoms with Gasteiger partial charge in [0, 0.05) is 22.5 Å². The monoisotopic (exact) mass is 183 g/mol. The molecular formula is C13H13N. The number of nitrogens with one attached hydrogen (secondary N) is 1. The van der Waals surface area contributed by atoms with Crippen LogP contribution >= 0.6 is 0 Å². The molecule has 0 fully saturated rings. The fourth-order valence-electron chi connectivity index (χ4n) is 2.35. The van der Waals surface area contributed by atoms with E-state index in [0.29, 0.717) is 5.92 Å². The number of H-pyrrole nitrogens is 1. The molecule has 1 aromatic heterocycles. The van der Waals surface area contributed by atoms with Gasteiger partial charge >= 0.3 is 0 Å². The van der Waals surface area contributed by atoms with Crippen LogP contribution in [-0.2, 0) is 0 Å². The van der Waals surface area contributed by atoms with Crippen LogP contribution in [0.5, 0.6) is 0 Å². The number of fused-ring (bicyclic) bond motifs is 3. The molecule has 3 rings (SSSR count). The summed E-state index contributed by atoms with van der Waals surface area (Å²) in [5.41, 5.74) is 5.49. The van der Waals surface area contributed by atoms with Crippen LogP contribution in [-0.4, -0.2) is 4.98 Å². The third-order valence-corrected chi connectivity index (χ3v) is 3.26. The van der Waals surface area contributed by atoms with E-state index in [-0.39, 0.29) is 0 Å². The van der Waals surface area contributed by atoms with Gasteiger partial charge in [-0.15, -0.1) is 0 Å². The van der Waals surface area contributed by atoms with Crippen molar-refractivity contribution >= 4 is 17.0 Å². The predicted octanol–water partition coefficient (Wildman–Crippen LogP) is 3.69. The van der Waals surface area contributed by atoms with E-state index >= 15 is 0 Å². The van der Waals surface area contributed by atoms with Crippen molar-refractivity contribution in [1.29, 1.82) is 0 Å². The lowest BCUT2D eigenvalue weighted by Crippen LogP contribution is -1.88. The molecule has 0 saturated carbocycles. The SMILES string of the molecule is CC1=Cc2[nH]c3ccccc3c2C1C. The number of para-hydroxylation sites is 1. The van der Waals surface area contributed by atoms with E-state index in [9.17, 15) is 0 Å². The van der Waals surface area contributed by atoms with Gasteiger partial charge in [0.05, 0.1) is 0 Å². The summed E-state index contributed by atoms with van der Waals surface area (Å²) in [4.78, 5) is 3.46. The average molecular weight is 183 g/mol. The summed E-state index contributed by atoms with van der Waals surface area (Å²) in [6, 6.07) is 8.53. The Morgan fingerprint density at radius 2 is 2.00 bits per heavy atom. The van der Waals surface area contributed by atoms with Crippen molar-refractivity contribution in [1.82, 2.24) is 4.98 Å². The lowest BCUT2D eigenvalue weighted by Gasteiger charge is -2.05. The smallest absolute Gasteiger partial charge is 0.0461 e. The van der Waals surface area contributed by atoms with Crippen LogP contribution in [0, 0.1) is 0 Å². The fourth-order valence-corrected chi connectivity index (χ4v) is 2.35. The highest BCUT2D eigenvalue weighted by Crippen LogP contribution is 2.39. The zero-order valence-corrected chi connectivity index (χ0v) is 8.46. The molecule has 0 aliphatic heterocycles. The van der Waals surface area contributed by atoms with Crippen molar-refractivity contribution in [2.45, 2.75) is 19.8 Å². The quantitative estimate of drug-likeness (QED) is 0.641. The van der Waals surface area contributed by atoms with E-state index in [1.165, 1.54) is 27.7 Å². The Hall–Kier alpha value is -1.50. The summed E-state index contributed by atoms with van der Waals surface area (Å²) in [5.74, 6) is 0.571. The van der Waals surface area contributed by atoms with Gasteiger partial charge in [0.15, 0.2) is 0 Å². The molecule has 1 unspecified atom stereocenters. The summed E-state index contributed by atoms with van der Waals surface area (Å²) in [5, 5.41) is 1.38. The van der Waals surface area contributed by atoms with Gasteiger partial charge in [-0.2, -0.15) is 0 Å². The van der Waals surface area contributed by atoms with Gasteiger partial charge in [0.1, 0.15) is 0 Å². The Bertz CT molecular complexity index is 531. The Labute approximate surface area is 83.5 Å². The summed E-state index contributed by atoms with van der Waals surface area (Å²) >= 11 is 0. The minimum atomic E-state index is 0.571. The molecular weight excluding hydrogens is 170 g/mol. The first kappa shape index (κ1) is 7.86. The van der Waals surface area contributed by atoms with Gasteiger partial charge in [-0.05, 0) is 24.6 Å². The van der Waals surface area contributed by atoms with E-state index in [1.54, 1.807) is 0 Å². The molecule has 1 aliphatic rings. The normalized spacial score (nSPS) is 19.9. The van der Waals surface area contributed by atoms with Crippen LogP contribution in [0.1, 0.15) is 31.0 Å². The molecule has 1 atom stereocenters. The van der Waals surface area contributed by atoms with Crippen molar-refractivity contribution < 1.29 is 0 Å². The Balaban J connectivity index is 2.39. The highest BCUT2D eigenvalue weighted by Gasteiger charge is 2.22. The molecule has 0 bridgehead atoms. The van der Waals surface area contributed by atoms with Crippen LogP contribution in [0.15, 0.2) is 29.8 Å². The topological polar surface area (TPSA) is 15.8 Å². The van der Waals surface area contributed by atoms with E-state index in [1.807, 2.05) is 0 Å². The molecule has 1 nitrogen and oxygen atoms in total. The Morgan fingerprint density at radius 1 is 1.21 bits per heavy atom. The Kier molecular flexibility index (Phi) is 1.41. The zero-order valence-electron chi connectivity index (χ0n) is 8.46. The maximum Gasteiger partial charge on any atom is 0.0461 e. The molecule has 2 aromatic rings. The number of allylic oxidation sites excluding steroid dienone is 1. The van der Waals surface area contributed by atoms with Crippen LogP contribution in [0.4, 0.5) is 0 Å². The second-order valence-electron chi connectivity index (χ2n) is 4.11. The van der Waals surface area contributed by atoms with E-state index < -0.39 is 0 Å². The van der Waals surface area contributed by atoms with Gasteiger partial charge in [-0.3, -0.25) is 0 Å². The van der Waals surface area contributed by atoms with Crippen molar-refractivity contribution in [3.05, 3.63) is 41.1 Å². The first-order valence-corrected chi connectivity index (χ1v) is 5.06. The molecule has 1 aliphatic carbocycles. The van der Waals surface area contributed by atoms with Crippen molar-refractivity contribution in [2.24, 2.45) is 0 Å². The molecule has 14 heavy (non-hydrogen) atoms. The fraction of sp³-hybridized carbons (Fsp3) is 0.231. The molecule has 0 spiro atoms. The molecule has 0 amide bonds. The number of hydrogen-bond donors (Lipinski definition) is 1. The maximum atomic E-state index is 3.46. The first-order chi connectivity index (χ1) is 6.77. The molecule has 1 heterocycles. The summed E-state index contributed by atoms with van der Waals surface area (Å²) in [6.07, 6.45) is 2.26. The van der Waals surface area contributed by atoms with Crippen LogP contribution < -0.4 is 0 Å². The predicted molar refractivity (Wildman–Crippen MR) is 60.4 cm³/mol. The van der Waals surface area contributed by atoms with Gasteiger partial charge in [-0.1, -0.05) is 30.7 Å². The van der Waals surface area contributed by atoms with E-state index in [4.69, 9.17) is 0 Å². The summed E-state index contributed by atoms with van der Waals surface area (Å²) < 4.78 is 0. The standard InChI is InChI=1S/C13H13N/c1-8-7-12-13(9(8)2)10-5-3-4-6-11(10)14-12/h3-7,9,14H,1-2H3. The van der Waals surface area contributed by atoms with Gasteiger partial charge in [0.2, 0.25) is 0 Å². The second kappa shape index (κ2) is 2.50. The highest BCUT2D eigenvalue weighted by atomic mass is 14.7.